The summed E-state index contributed by atoms with van der Waals surface area (Å²) in [5, 5.41) is 8.21. The van der Waals surface area contributed by atoms with Crippen molar-refractivity contribution in [3.8, 4) is 5.75 Å². The zero-order valence-electron chi connectivity index (χ0n) is 13.3. The maximum absolute atomic E-state index is 11.0. The Bertz CT molecular complexity index is 998. The van der Waals surface area contributed by atoms with Gasteiger partial charge in [-0.1, -0.05) is 0 Å². The number of methoxy groups -OCH3 is 1. The van der Waals surface area contributed by atoms with Gasteiger partial charge in [-0.2, -0.15) is 0 Å². The molecule has 2 aromatic rings. The van der Waals surface area contributed by atoms with Crippen molar-refractivity contribution in [1.29, 1.82) is 0 Å². The molecule has 2 rings (SSSR count). The van der Waals surface area contributed by atoms with E-state index >= 15 is 0 Å². The van der Waals surface area contributed by atoms with E-state index in [2.05, 4.69) is 19.4 Å². The highest BCUT2D eigenvalue weighted by Gasteiger charge is 2.06. The van der Waals surface area contributed by atoms with Crippen LogP contribution in [0.5, 0.6) is 5.75 Å². The fourth-order valence-electron chi connectivity index (χ4n) is 1.44. The van der Waals surface area contributed by atoms with Gasteiger partial charge in [0.25, 0.3) is 11.1 Å². The molecule has 0 aliphatic heterocycles. The molecule has 0 unspecified atom stereocenters. The van der Waals surface area contributed by atoms with Gasteiger partial charge in [0.15, 0.2) is 6.61 Å². The molecule has 13 heteroatoms. The molecule has 140 valence electrons. The third-order valence-corrected chi connectivity index (χ3v) is 2.60. The molecule has 0 atom stereocenters. The normalized spacial score (nSPS) is 9.58. The van der Waals surface area contributed by atoms with Crippen LogP contribution in [0.1, 0.15) is 5.56 Å². The third kappa shape index (κ3) is 6.69. The van der Waals surface area contributed by atoms with Gasteiger partial charge in [0.1, 0.15) is 0 Å². The molecule has 0 radical (unpaired) electrons. The molecule has 2 aromatic heterocycles. The minimum Gasteiger partial charge on any atom is -0.479 e. The molecule has 0 bridgehead atoms. The van der Waals surface area contributed by atoms with Gasteiger partial charge in [-0.25, -0.2) is 14.4 Å². The first-order valence-electron chi connectivity index (χ1n) is 6.77. The number of aromatic nitrogens is 4. The molecule has 0 aliphatic rings. The maximum Gasteiger partial charge on any atom is 0.341 e. The lowest BCUT2D eigenvalue weighted by molar-refractivity contribution is -0.140. The van der Waals surface area contributed by atoms with Gasteiger partial charge in [-0.15, -0.1) is 0 Å². The summed E-state index contributed by atoms with van der Waals surface area (Å²) in [6.45, 7) is -0.630. The van der Waals surface area contributed by atoms with Crippen LogP contribution in [0, 0.1) is 0 Å². The van der Waals surface area contributed by atoms with Gasteiger partial charge in [0, 0.05) is 11.8 Å². The lowest BCUT2D eigenvalue weighted by Gasteiger charge is -1.99. The fourth-order valence-corrected chi connectivity index (χ4v) is 1.44. The Morgan fingerprint density at radius 3 is 2.08 bits per heavy atom. The summed E-state index contributed by atoms with van der Waals surface area (Å²) in [4.78, 5) is 72.0. The van der Waals surface area contributed by atoms with Crippen LogP contribution in [-0.2, 0) is 20.7 Å². The molecule has 5 N–H and O–H groups in total. The van der Waals surface area contributed by atoms with Crippen molar-refractivity contribution in [2.45, 2.75) is 6.42 Å². The summed E-state index contributed by atoms with van der Waals surface area (Å²) >= 11 is 0. The number of ether oxygens (including phenoxy) is 2. The second-order valence-corrected chi connectivity index (χ2v) is 4.47. The van der Waals surface area contributed by atoms with E-state index in [1.807, 2.05) is 9.97 Å². The Hall–Kier alpha value is -3.90. The minimum atomic E-state index is -1.20. The number of nitrogens with one attached hydrogen (secondary N) is 4. The largest absolute Gasteiger partial charge is 0.479 e. The van der Waals surface area contributed by atoms with E-state index < -0.39 is 41.0 Å². The van der Waals surface area contributed by atoms with Crippen molar-refractivity contribution in [1.82, 2.24) is 19.9 Å². The number of esters is 1. The monoisotopic (exact) mass is 370 g/mol. The number of H-pyrrole nitrogens is 4. The SMILES string of the molecule is COC(=O)Cc1c[nH]c(=O)[nH]c1=O.O=C(O)COc1c[nH]c(=O)[nH]c1=O. The summed E-state index contributed by atoms with van der Waals surface area (Å²) in [6.07, 6.45) is 2.05. The zero-order valence-corrected chi connectivity index (χ0v) is 13.3. The number of carbonyl (C=O) groups excluding carboxylic acids is 1. The van der Waals surface area contributed by atoms with Gasteiger partial charge >= 0.3 is 23.3 Å². The molecule has 0 spiro atoms. The van der Waals surface area contributed by atoms with E-state index in [4.69, 9.17) is 5.11 Å². The van der Waals surface area contributed by atoms with Crippen molar-refractivity contribution in [3.05, 3.63) is 59.6 Å². The summed E-state index contributed by atoms with van der Waals surface area (Å²) < 4.78 is 8.90. The molecule has 0 amide bonds. The highest BCUT2D eigenvalue weighted by atomic mass is 16.5. The highest BCUT2D eigenvalue weighted by molar-refractivity contribution is 5.72. The van der Waals surface area contributed by atoms with Crippen LogP contribution in [0.3, 0.4) is 0 Å². The number of hydrogen-bond acceptors (Lipinski definition) is 8. The topological polar surface area (TPSA) is 204 Å². The van der Waals surface area contributed by atoms with E-state index in [9.17, 15) is 28.8 Å². The van der Waals surface area contributed by atoms with Gasteiger partial charge < -0.3 is 24.5 Å². The van der Waals surface area contributed by atoms with E-state index in [0.29, 0.717) is 0 Å². The minimum absolute atomic E-state index is 0.150. The lowest BCUT2D eigenvalue weighted by Crippen LogP contribution is -2.26. The highest BCUT2D eigenvalue weighted by Crippen LogP contribution is 1.94. The number of aliphatic carboxylic acids is 1. The molecule has 0 aromatic carbocycles. The molecule has 2 heterocycles. The average molecular weight is 370 g/mol. The maximum atomic E-state index is 11.0. The Labute approximate surface area is 142 Å². The second kappa shape index (κ2) is 9.41. The average Bonchev–Trinajstić information content (AvgIpc) is 2.57. The summed E-state index contributed by atoms with van der Waals surface area (Å²) in [5.74, 6) is -1.97. The molecule has 0 aliphatic carbocycles. The zero-order chi connectivity index (χ0) is 19.7. The van der Waals surface area contributed by atoms with Crippen LogP contribution in [0.4, 0.5) is 0 Å². The molecule has 13 nitrogen and oxygen atoms in total. The number of carbonyl (C=O) groups is 2. The lowest BCUT2D eigenvalue weighted by atomic mass is 10.2. The van der Waals surface area contributed by atoms with Crippen molar-refractivity contribution in [3.63, 3.8) is 0 Å². The van der Waals surface area contributed by atoms with E-state index in [0.717, 1.165) is 6.20 Å². The molecular weight excluding hydrogens is 356 g/mol. The van der Waals surface area contributed by atoms with Crippen LogP contribution in [0.15, 0.2) is 31.6 Å². The molecule has 26 heavy (non-hydrogen) atoms. The first kappa shape index (κ1) is 20.1. The van der Waals surface area contributed by atoms with Crippen LogP contribution >= 0.6 is 0 Å². The first-order valence-corrected chi connectivity index (χ1v) is 6.77. The summed E-state index contributed by atoms with van der Waals surface area (Å²) in [5.41, 5.74) is -2.43. The van der Waals surface area contributed by atoms with Crippen LogP contribution in [-0.4, -0.2) is 50.7 Å². The van der Waals surface area contributed by atoms with Gasteiger partial charge in [-0.3, -0.25) is 24.4 Å². The number of aromatic amines is 4. The molecule has 0 saturated heterocycles. The molecular formula is C13H14N4O9. The van der Waals surface area contributed by atoms with Crippen molar-refractivity contribution >= 4 is 11.9 Å². The Morgan fingerprint density at radius 2 is 1.58 bits per heavy atom. The number of hydrogen-bond donors (Lipinski definition) is 5. The quantitative estimate of drug-likeness (QED) is 0.347. The smallest absolute Gasteiger partial charge is 0.341 e. The standard InChI is InChI=1S/C7H8N2O4.C6H6N2O5/c1-13-5(10)2-4-3-8-7(12)9-6(4)11;9-4(10)2-13-3-1-7-6(12)8-5(3)11/h3H,2H2,1H3,(H2,8,9,11,12);1H,2H2,(H,9,10)(H2,7,8,11,12). The summed E-state index contributed by atoms with van der Waals surface area (Å²) in [6, 6.07) is 0. The van der Waals surface area contributed by atoms with Gasteiger partial charge in [0.2, 0.25) is 5.75 Å². The number of rotatable bonds is 5. The predicted octanol–water partition coefficient (Wildman–Crippen LogP) is -2.69. The van der Waals surface area contributed by atoms with Crippen molar-refractivity contribution in [2.75, 3.05) is 13.7 Å². The Balaban J connectivity index is 0.000000260. The van der Waals surface area contributed by atoms with Crippen LogP contribution in [0.25, 0.3) is 0 Å². The number of carboxylic acid groups (broad SMARTS) is 1. The van der Waals surface area contributed by atoms with Crippen LogP contribution < -0.4 is 27.2 Å². The Morgan fingerprint density at radius 1 is 1.00 bits per heavy atom. The van der Waals surface area contributed by atoms with Crippen LogP contribution in [0.2, 0.25) is 0 Å². The van der Waals surface area contributed by atoms with Crippen molar-refractivity contribution < 1.29 is 24.2 Å². The first-order chi connectivity index (χ1) is 12.2. The van der Waals surface area contributed by atoms with E-state index in [-0.39, 0.29) is 17.7 Å². The predicted molar refractivity (Wildman–Crippen MR) is 84.2 cm³/mol. The third-order valence-electron chi connectivity index (χ3n) is 2.60. The molecule has 0 fully saturated rings. The summed E-state index contributed by atoms with van der Waals surface area (Å²) in [7, 11) is 1.22. The van der Waals surface area contributed by atoms with E-state index in [1.165, 1.54) is 13.3 Å². The van der Waals surface area contributed by atoms with Crippen molar-refractivity contribution in [2.24, 2.45) is 0 Å². The number of carboxylic acids is 1. The Kier molecular flexibility index (Phi) is 7.29. The molecule has 0 saturated carbocycles. The van der Waals surface area contributed by atoms with Gasteiger partial charge in [0.05, 0.1) is 19.7 Å². The second-order valence-electron chi connectivity index (χ2n) is 4.47. The fraction of sp³-hybridized carbons (Fsp3) is 0.231. The van der Waals surface area contributed by atoms with Gasteiger partial charge in [-0.05, 0) is 0 Å². The van der Waals surface area contributed by atoms with E-state index in [1.54, 1.807) is 0 Å².